The lowest BCUT2D eigenvalue weighted by Gasteiger charge is -2.13. The van der Waals surface area contributed by atoms with Gasteiger partial charge in [-0.1, -0.05) is 19.8 Å². The molecule has 3 heteroatoms. The van der Waals surface area contributed by atoms with Crippen LogP contribution in [-0.2, 0) is 4.79 Å². The Morgan fingerprint density at radius 3 is 2.36 bits per heavy atom. The third-order valence-corrected chi connectivity index (χ3v) is 1.63. The van der Waals surface area contributed by atoms with Gasteiger partial charge in [0.2, 0.25) is 0 Å². The molecule has 2 unspecified atom stereocenters. The number of carbonyl (C=O) groups is 1. The van der Waals surface area contributed by atoms with E-state index < -0.39 is 12.2 Å². The quantitative estimate of drug-likeness (QED) is 0.615. The minimum absolute atomic E-state index is 0.367. The minimum atomic E-state index is -1.19. The Hall–Kier alpha value is -0.410. The number of carbonyl (C=O) groups excluding carboxylic acids is 1. The van der Waals surface area contributed by atoms with Crippen molar-refractivity contribution in [1.29, 1.82) is 0 Å². The number of aliphatic hydroxyl groups excluding tert-OH is 2. The highest BCUT2D eigenvalue weighted by molar-refractivity contribution is 5.80. The van der Waals surface area contributed by atoms with Crippen molar-refractivity contribution in [2.24, 2.45) is 0 Å². The SMILES string of the molecule is CCCCC(O)C(O)C(C)=O. The van der Waals surface area contributed by atoms with E-state index in [1.54, 1.807) is 0 Å². The standard InChI is InChI=1S/C8H16O3/c1-3-4-5-7(10)8(11)6(2)9/h7-8,10-11H,3-5H2,1-2H3. The molecule has 0 aromatic rings. The molecule has 2 atom stereocenters. The Kier molecular flexibility index (Phi) is 5.07. The van der Waals surface area contributed by atoms with Crippen molar-refractivity contribution < 1.29 is 15.0 Å². The Bertz CT molecular complexity index is 123. The predicted octanol–water partition coefficient (Wildman–Crippen LogP) is 0.487. The summed E-state index contributed by atoms with van der Waals surface area (Å²) in [6.45, 7) is 3.27. The molecule has 0 aliphatic rings. The average Bonchev–Trinajstić information content (AvgIpc) is 1.98. The van der Waals surface area contributed by atoms with E-state index in [0.29, 0.717) is 6.42 Å². The smallest absolute Gasteiger partial charge is 0.160 e. The second-order valence-electron chi connectivity index (χ2n) is 2.77. The zero-order valence-corrected chi connectivity index (χ0v) is 7.08. The van der Waals surface area contributed by atoms with E-state index in [1.807, 2.05) is 6.92 Å². The monoisotopic (exact) mass is 160 g/mol. The van der Waals surface area contributed by atoms with Crippen molar-refractivity contribution in [2.45, 2.75) is 45.3 Å². The van der Waals surface area contributed by atoms with E-state index in [-0.39, 0.29) is 5.78 Å². The first-order chi connectivity index (χ1) is 5.09. The second-order valence-corrected chi connectivity index (χ2v) is 2.77. The van der Waals surface area contributed by atoms with Gasteiger partial charge in [0.15, 0.2) is 5.78 Å². The molecule has 2 N–H and O–H groups in total. The van der Waals surface area contributed by atoms with Gasteiger partial charge in [0.05, 0.1) is 6.10 Å². The maximum absolute atomic E-state index is 10.5. The molecule has 0 saturated carbocycles. The van der Waals surface area contributed by atoms with E-state index in [1.165, 1.54) is 6.92 Å². The zero-order chi connectivity index (χ0) is 8.85. The average molecular weight is 160 g/mol. The van der Waals surface area contributed by atoms with Crippen LogP contribution in [0, 0.1) is 0 Å². The third-order valence-electron chi connectivity index (χ3n) is 1.63. The summed E-state index contributed by atoms with van der Waals surface area (Å²) in [6.07, 6.45) is 0.221. The summed E-state index contributed by atoms with van der Waals surface area (Å²) in [5.41, 5.74) is 0. The first-order valence-corrected chi connectivity index (χ1v) is 3.96. The molecule has 3 nitrogen and oxygen atoms in total. The van der Waals surface area contributed by atoms with Gasteiger partial charge in [-0.3, -0.25) is 4.79 Å². The maximum atomic E-state index is 10.5. The topological polar surface area (TPSA) is 57.5 Å². The highest BCUT2D eigenvalue weighted by atomic mass is 16.3. The Balaban J connectivity index is 3.63. The van der Waals surface area contributed by atoms with Crippen LogP contribution in [-0.4, -0.2) is 28.2 Å². The third kappa shape index (κ3) is 4.11. The van der Waals surface area contributed by atoms with E-state index in [2.05, 4.69) is 0 Å². The van der Waals surface area contributed by atoms with E-state index in [4.69, 9.17) is 10.2 Å². The van der Waals surface area contributed by atoms with Crippen LogP contribution in [0.3, 0.4) is 0 Å². The number of hydrogen-bond donors (Lipinski definition) is 2. The van der Waals surface area contributed by atoms with Crippen molar-refractivity contribution in [1.82, 2.24) is 0 Å². The largest absolute Gasteiger partial charge is 0.390 e. The van der Waals surface area contributed by atoms with Crippen LogP contribution >= 0.6 is 0 Å². The predicted molar refractivity (Wildman–Crippen MR) is 42.2 cm³/mol. The van der Waals surface area contributed by atoms with Crippen molar-refractivity contribution in [3.05, 3.63) is 0 Å². The van der Waals surface area contributed by atoms with Gasteiger partial charge in [-0.25, -0.2) is 0 Å². The summed E-state index contributed by atoms with van der Waals surface area (Å²) >= 11 is 0. The molecular formula is C8H16O3. The highest BCUT2D eigenvalue weighted by Crippen LogP contribution is 2.05. The lowest BCUT2D eigenvalue weighted by Crippen LogP contribution is -2.32. The maximum Gasteiger partial charge on any atom is 0.160 e. The Morgan fingerprint density at radius 1 is 1.45 bits per heavy atom. The van der Waals surface area contributed by atoms with Gasteiger partial charge >= 0.3 is 0 Å². The van der Waals surface area contributed by atoms with Crippen LogP contribution in [0.2, 0.25) is 0 Å². The van der Waals surface area contributed by atoms with Crippen LogP contribution < -0.4 is 0 Å². The van der Waals surface area contributed by atoms with Crippen LogP contribution in [0.15, 0.2) is 0 Å². The molecule has 0 aromatic heterocycles. The molecule has 66 valence electrons. The molecule has 0 spiro atoms. The fraction of sp³-hybridized carbons (Fsp3) is 0.875. The molecule has 0 saturated heterocycles. The second kappa shape index (κ2) is 5.27. The molecule has 0 heterocycles. The molecule has 0 rings (SSSR count). The van der Waals surface area contributed by atoms with Crippen LogP contribution in [0.25, 0.3) is 0 Å². The highest BCUT2D eigenvalue weighted by Gasteiger charge is 2.19. The van der Waals surface area contributed by atoms with Gasteiger partial charge in [-0.15, -0.1) is 0 Å². The first kappa shape index (κ1) is 10.6. The number of ketones is 1. The summed E-state index contributed by atoms with van der Waals surface area (Å²) in [4.78, 5) is 10.5. The summed E-state index contributed by atoms with van der Waals surface area (Å²) in [6, 6.07) is 0. The van der Waals surface area contributed by atoms with Gasteiger partial charge in [0, 0.05) is 0 Å². The van der Waals surface area contributed by atoms with E-state index in [0.717, 1.165) is 12.8 Å². The van der Waals surface area contributed by atoms with Crippen molar-refractivity contribution in [2.75, 3.05) is 0 Å². The Labute approximate surface area is 67.0 Å². The number of unbranched alkanes of at least 4 members (excludes halogenated alkanes) is 1. The summed E-state index contributed by atoms with van der Waals surface area (Å²) in [7, 11) is 0. The molecule has 0 amide bonds. The molecule has 11 heavy (non-hydrogen) atoms. The summed E-state index contributed by atoms with van der Waals surface area (Å²) in [5.74, 6) is -0.367. The van der Waals surface area contributed by atoms with Crippen LogP contribution in [0.1, 0.15) is 33.1 Å². The van der Waals surface area contributed by atoms with Crippen molar-refractivity contribution >= 4 is 5.78 Å². The van der Waals surface area contributed by atoms with Gasteiger partial charge in [0.25, 0.3) is 0 Å². The molecule has 0 aliphatic carbocycles. The molecule has 0 aromatic carbocycles. The van der Waals surface area contributed by atoms with Gasteiger partial charge in [-0.05, 0) is 13.3 Å². The van der Waals surface area contributed by atoms with E-state index >= 15 is 0 Å². The molecule has 0 fully saturated rings. The zero-order valence-electron chi connectivity index (χ0n) is 7.08. The first-order valence-electron chi connectivity index (χ1n) is 3.96. The summed E-state index contributed by atoms with van der Waals surface area (Å²) in [5, 5.41) is 18.2. The molecule has 0 aliphatic heterocycles. The van der Waals surface area contributed by atoms with Crippen molar-refractivity contribution in [3.8, 4) is 0 Å². The van der Waals surface area contributed by atoms with Gasteiger partial charge < -0.3 is 10.2 Å². The van der Waals surface area contributed by atoms with Gasteiger partial charge in [-0.2, -0.15) is 0 Å². The van der Waals surface area contributed by atoms with Crippen molar-refractivity contribution in [3.63, 3.8) is 0 Å². The van der Waals surface area contributed by atoms with E-state index in [9.17, 15) is 4.79 Å². The lowest BCUT2D eigenvalue weighted by atomic mass is 10.1. The fourth-order valence-corrected chi connectivity index (χ4v) is 0.842. The molecular weight excluding hydrogens is 144 g/mol. The molecule has 0 bridgehead atoms. The van der Waals surface area contributed by atoms with Crippen LogP contribution in [0.5, 0.6) is 0 Å². The number of hydrogen-bond acceptors (Lipinski definition) is 3. The number of Topliss-reactive ketones (excluding diaryl/α,β-unsaturated/α-hetero) is 1. The fourth-order valence-electron chi connectivity index (χ4n) is 0.842. The summed E-state index contributed by atoms with van der Waals surface area (Å²) < 4.78 is 0. The minimum Gasteiger partial charge on any atom is -0.390 e. The number of aliphatic hydroxyl groups is 2. The molecule has 0 radical (unpaired) electrons. The Morgan fingerprint density at radius 2 is 2.00 bits per heavy atom. The lowest BCUT2D eigenvalue weighted by molar-refractivity contribution is -0.130. The number of rotatable bonds is 5. The van der Waals surface area contributed by atoms with Crippen LogP contribution in [0.4, 0.5) is 0 Å². The van der Waals surface area contributed by atoms with Gasteiger partial charge in [0.1, 0.15) is 6.10 Å². The normalized spacial score (nSPS) is 16.0.